The summed E-state index contributed by atoms with van der Waals surface area (Å²) < 4.78 is 23.7. The second-order valence-electron chi connectivity index (χ2n) is 2.55. The van der Waals surface area contributed by atoms with E-state index in [0.717, 1.165) is 0 Å². The molecule has 0 bridgehead atoms. The van der Waals surface area contributed by atoms with Gasteiger partial charge in [0.2, 0.25) is 0 Å². The van der Waals surface area contributed by atoms with Crippen LogP contribution in [-0.2, 0) is 0 Å². The highest BCUT2D eigenvalue weighted by molar-refractivity contribution is 5.57. The van der Waals surface area contributed by atoms with Crippen LogP contribution in [0.1, 0.15) is 5.56 Å². The lowest BCUT2D eigenvalue weighted by Crippen LogP contribution is -2.12. The average Bonchev–Trinajstić information content (AvgIpc) is 2.15. The maximum absolute atomic E-state index is 11.8. The monoisotopic (exact) mass is 198 g/mol. The van der Waals surface area contributed by atoms with Gasteiger partial charge in [0.15, 0.2) is 0 Å². The zero-order chi connectivity index (χ0) is 10.6. The summed E-state index contributed by atoms with van der Waals surface area (Å²) in [7, 11) is 0. The molecule has 0 fully saturated rings. The summed E-state index contributed by atoms with van der Waals surface area (Å²) in [6.07, 6.45) is -1.19. The fraction of sp³-hybridized carbons (Fsp3) is 0.250. The Morgan fingerprint density at radius 1 is 1.64 bits per heavy atom. The highest BCUT2D eigenvalue weighted by Crippen LogP contribution is 2.14. The fourth-order valence-corrected chi connectivity index (χ4v) is 0.881. The summed E-state index contributed by atoms with van der Waals surface area (Å²) in [5.41, 5.74) is 5.85. The lowest BCUT2D eigenvalue weighted by atomic mass is 10.2. The number of hydrogen-bond acceptors (Lipinski definition) is 4. The van der Waals surface area contributed by atoms with E-state index < -0.39 is 13.0 Å². The van der Waals surface area contributed by atoms with E-state index in [9.17, 15) is 8.78 Å². The molecule has 0 saturated carbocycles. The van der Waals surface area contributed by atoms with Crippen LogP contribution in [0.15, 0.2) is 12.3 Å². The van der Waals surface area contributed by atoms with E-state index in [-0.39, 0.29) is 11.4 Å². The Morgan fingerprint density at radius 3 is 2.93 bits per heavy atom. The molecule has 0 aromatic carbocycles. The van der Waals surface area contributed by atoms with E-state index >= 15 is 0 Å². The zero-order valence-electron chi connectivity index (χ0n) is 7.17. The van der Waals surface area contributed by atoms with Gasteiger partial charge in [0.25, 0.3) is 6.43 Å². The van der Waals surface area contributed by atoms with Gasteiger partial charge in [0.1, 0.15) is 11.9 Å². The molecule has 0 saturated heterocycles. The molecule has 0 aliphatic heterocycles. The molecule has 0 atom stereocenters. The van der Waals surface area contributed by atoms with E-state index in [4.69, 9.17) is 11.0 Å². The van der Waals surface area contributed by atoms with Crippen molar-refractivity contribution < 1.29 is 8.78 Å². The molecule has 74 valence electrons. The van der Waals surface area contributed by atoms with E-state index in [1.807, 2.05) is 6.07 Å². The number of rotatable bonds is 3. The summed E-state index contributed by atoms with van der Waals surface area (Å²) in [4.78, 5) is 3.73. The molecule has 4 nitrogen and oxygen atoms in total. The highest BCUT2D eigenvalue weighted by Gasteiger charge is 2.06. The predicted molar refractivity (Wildman–Crippen MR) is 47.9 cm³/mol. The Bertz CT molecular complexity index is 359. The summed E-state index contributed by atoms with van der Waals surface area (Å²) in [6, 6.07) is 3.19. The lowest BCUT2D eigenvalue weighted by molar-refractivity contribution is 0.163. The van der Waals surface area contributed by atoms with Crippen molar-refractivity contribution in [3.8, 4) is 6.07 Å². The third-order valence-corrected chi connectivity index (χ3v) is 1.45. The quantitative estimate of drug-likeness (QED) is 0.765. The maximum atomic E-state index is 11.8. The number of anilines is 2. The third-order valence-electron chi connectivity index (χ3n) is 1.45. The van der Waals surface area contributed by atoms with Crippen molar-refractivity contribution in [3.05, 3.63) is 17.8 Å². The number of pyridine rings is 1. The number of nitrogen functional groups attached to an aromatic ring is 1. The van der Waals surface area contributed by atoms with Gasteiger partial charge >= 0.3 is 0 Å². The number of nitriles is 1. The van der Waals surface area contributed by atoms with Crippen molar-refractivity contribution in [1.29, 1.82) is 5.26 Å². The Morgan fingerprint density at radius 2 is 2.36 bits per heavy atom. The van der Waals surface area contributed by atoms with Gasteiger partial charge in [-0.15, -0.1) is 0 Å². The number of hydrogen-bond donors (Lipinski definition) is 2. The van der Waals surface area contributed by atoms with Crippen LogP contribution in [0.4, 0.5) is 20.3 Å². The van der Waals surface area contributed by atoms with Crippen LogP contribution in [0.25, 0.3) is 0 Å². The predicted octanol–water partition coefficient (Wildman–Crippen LogP) is 1.21. The smallest absolute Gasteiger partial charge is 0.255 e. The van der Waals surface area contributed by atoms with Gasteiger partial charge in [-0.25, -0.2) is 13.8 Å². The Labute approximate surface area is 79.4 Å². The molecule has 1 heterocycles. The molecule has 0 aliphatic rings. The maximum Gasteiger partial charge on any atom is 0.255 e. The normalized spacial score (nSPS) is 9.86. The summed E-state index contributed by atoms with van der Waals surface area (Å²) in [5.74, 6) is 0.127. The van der Waals surface area contributed by atoms with Crippen molar-refractivity contribution >= 4 is 11.5 Å². The number of nitrogens with zero attached hydrogens (tertiary/aromatic N) is 2. The Balaban J connectivity index is 2.82. The van der Waals surface area contributed by atoms with Gasteiger partial charge in [-0.05, 0) is 6.07 Å². The van der Waals surface area contributed by atoms with Crippen molar-refractivity contribution in [2.75, 3.05) is 17.6 Å². The van der Waals surface area contributed by atoms with Crippen LogP contribution in [-0.4, -0.2) is 18.0 Å². The van der Waals surface area contributed by atoms with Crippen LogP contribution < -0.4 is 11.1 Å². The summed E-state index contributed by atoms with van der Waals surface area (Å²) in [6.45, 7) is -0.536. The lowest BCUT2D eigenvalue weighted by Gasteiger charge is -2.06. The molecule has 0 unspecified atom stereocenters. The molecular formula is C8H8F2N4. The van der Waals surface area contributed by atoms with Crippen LogP contribution in [0.3, 0.4) is 0 Å². The van der Waals surface area contributed by atoms with Crippen LogP contribution in [0.5, 0.6) is 0 Å². The van der Waals surface area contributed by atoms with Crippen molar-refractivity contribution in [1.82, 2.24) is 4.98 Å². The number of aromatic nitrogens is 1. The number of alkyl halides is 2. The van der Waals surface area contributed by atoms with Gasteiger partial charge in [-0.2, -0.15) is 5.26 Å². The molecule has 0 aliphatic carbocycles. The third kappa shape index (κ3) is 2.55. The second-order valence-corrected chi connectivity index (χ2v) is 2.55. The molecule has 6 heteroatoms. The van der Waals surface area contributed by atoms with Crippen LogP contribution >= 0.6 is 0 Å². The summed E-state index contributed by atoms with van der Waals surface area (Å²) in [5, 5.41) is 11.0. The van der Waals surface area contributed by atoms with E-state index in [2.05, 4.69) is 10.3 Å². The molecule has 1 aromatic heterocycles. The Kier molecular flexibility index (Phi) is 3.18. The molecule has 0 radical (unpaired) electrons. The zero-order valence-corrected chi connectivity index (χ0v) is 7.17. The fourth-order valence-electron chi connectivity index (χ4n) is 0.881. The van der Waals surface area contributed by atoms with Crippen molar-refractivity contribution in [2.45, 2.75) is 6.43 Å². The first kappa shape index (κ1) is 10.2. The SMILES string of the molecule is N#Cc1cc(N)cnc1NCC(F)F. The van der Waals surface area contributed by atoms with Gasteiger partial charge < -0.3 is 11.1 Å². The topological polar surface area (TPSA) is 74.7 Å². The van der Waals surface area contributed by atoms with E-state index in [1.54, 1.807) is 0 Å². The second kappa shape index (κ2) is 4.37. The molecule has 1 aromatic rings. The molecular weight excluding hydrogens is 190 g/mol. The standard InChI is InChI=1S/C8H8F2N4/c9-7(10)4-14-8-5(2-11)1-6(12)3-13-8/h1,3,7H,4,12H2,(H,13,14). The van der Waals surface area contributed by atoms with Crippen LogP contribution in [0, 0.1) is 11.3 Å². The molecule has 0 amide bonds. The molecule has 0 spiro atoms. The number of nitrogens with two attached hydrogens (primary N) is 1. The molecule has 1 rings (SSSR count). The van der Waals surface area contributed by atoms with Crippen molar-refractivity contribution in [3.63, 3.8) is 0 Å². The summed E-state index contributed by atoms with van der Waals surface area (Å²) >= 11 is 0. The van der Waals surface area contributed by atoms with E-state index in [1.165, 1.54) is 12.3 Å². The first-order valence-corrected chi connectivity index (χ1v) is 3.81. The first-order chi connectivity index (χ1) is 6.63. The number of halogens is 2. The van der Waals surface area contributed by atoms with Crippen LogP contribution in [0.2, 0.25) is 0 Å². The van der Waals surface area contributed by atoms with Crippen molar-refractivity contribution in [2.24, 2.45) is 0 Å². The average molecular weight is 198 g/mol. The van der Waals surface area contributed by atoms with Gasteiger partial charge in [0, 0.05) is 0 Å². The van der Waals surface area contributed by atoms with Gasteiger partial charge in [-0.1, -0.05) is 0 Å². The number of nitrogens with one attached hydrogen (secondary N) is 1. The van der Waals surface area contributed by atoms with E-state index in [0.29, 0.717) is 5.69 Å². The largest absolute Gasteiger partial charge is 0.397 e. The Hall–Kier alpha value is -1.90. The minimum absolute atomic E-state index is 0.127. The molecule has 3 N–H and O–H groups in total. The first-order valence-electron chi connectivity index (χ1n) is 3.81. The molecule has 14 heavy (non-hydrogen) atoms. The van der Waals surface area contributed by atoms with Gasteiger partial charge in [0.05, 0.1) is 24.0 Å². The minimum atomic E-state index is -2.49. The van der Waals surface area contributed by atoms with Gasteiger partial charge in [-0.3, -0.25) is 0 Å². The minimum Gasteiger partial charge on any atom is -0.397 e. The highest BCUT2D eigenvalue weighted by atomic mass is 19.3.